The summed E-state index contributed by atoms with van der Waals surface area (Å²) in [6.45, 7) is -0.138. The van der Waals surface area contributed by atoms with Gasteiger partial charge in [-0.2, -0.15) is 18.4 Å². The Morgan fingerprint density at radius 3 is 2.67 bits per heavy atom. The molecule has 1 aromatic rings. The molecule has 114 valence electrons. The maximum Gasteiger partial charge on any atom is 0.411 e. The molecule has 5 nitrogen and oxygen atoms in total. The predicted molar refractivity (Wildman–Crippen MR) is 68.3 cm³/mol. The smallest absolute Gasteiger partial charge is 0.366 e. The molecule has 0 aliphatic carbocycles. The second-order valence-corrected chi connectivity index (χ2v) is 4.87. The highest BCUT2D eigenvalue weighted by atomic mass is 19.4. The zero-order valence-corrected chi connectivity index (χ0v) is 11.3. The van der Waals surface area contributed by atoms with Crippen molar-refractivity contribution in [3.63, 3.8) is 0 Å². The molecule has 0 aromatic carbocycles. The van der Waals surface area contributed by atoms with Gasteiger partial charge in [0.05, 0.1) is 30.8 Å². The quantitative estimate of drug-likeness (QED) is 0.854. The maximum absolute atomic E-state index is 12.0. The van der Waals surface area contributed by atoms with Crippen LogP contribution in [0.3, 0.4) is 0 Å². The van der Waals surface area contributed by atoms with Gasteiger partial charge in [0.25, 0.3) is 0 Å². The summed E-state index contributed by atoms with van der Waals surface area (Å²) >= 11 is 0. The SMILES string of the molecule is N#CC1CCN(c2cncc(COCC(F)(F)F)n2)CC1. The first kappa shape index (κ1) is 15.5. The molecule has 2 heterocycles. The second kappa shape index (κ2) is 6.72. The van der Waals surface area contributed by atoms with Crippen molar-refractivity contribution in [3.05, 3.63) is 18.1 Å². The molecule has 1 fully saturated rings. The zero-order valence-electron chi connectivity index (χ0n) is 11.3. The minimum absolute atomic E-state index is 0.0625. The fourth-order valence-electron chi connectivity index (χ4n) is 2.13. The Morgan fingerprint density at radius 1 is 1.33 bits per heavy atom. The third-order valence-electron chi connectivity index (χ3n) is 3.19. The van der Waals surface area contributed by atoms with E-state index in [-0.39, 0.29) is 12.5 Å². The van der Waals surface area contributed by atoms with E-state index in [1.807, 2.05) is 4.90 Å². The average Bonchev–Trinajstić information content (AvgIpc) is 2.46. The molecule has 21 heavy (non-hydrogen) atoms. The molecule has 1 aliphatic rings. The number of nitriles is 1. The van der Waals surface area contributed by atoms with E-state index < -0.39 is 12.8 Å². The molecule has 0 atom stereocenters. The summed E-state index contributed by atoms with van der Waals surface area (Å²) in [6.07, 6.45) is 0.131. The van der Waals surface area contributed by atoms with Gasteiger partial charge in [-0.1, -0.05) is 0 Å². The Kier molecular flexibility index (Phi) is 4.96. The van der Waals surface area contributed by atoms with Crippen molar-refractivity contribution < 1.29 is 17.9 Å². The summed E-state index contributed by atoms with van der Waals surface area (Å²) in [5.41, 5.74) is 0.360. The number of anilines is 1. The number of halogens is 3. The van der Waals surface area contributed by atoms with Crippen molar-refractivity contribution in [2.75, 3.05) is 24.6 Å². The van der Waals surface area contributed by atoms with E-state index >= 15 is 0 Å². The molecular weight excluding hydrogens is 285 g/mol. The molecule has 0 unspecified atom stereocenters. The molecule has 1 aliphatic heterocycles. The van der Waals surface area contributed by atoms with Gasteiger partial charge in [-0.15, -0.1) is 0 Å². The number of hydrogen-bond acceptors (Lipinski definition) is 5. The minimum atomic E-state index is -4.34. The van der Waals surface area contributed by atoms with E-state index in [9.17, 15) is 13.2 Å². The van der Waals surface area contributed by atoms with Gasteiger partial charge < -0.3 is 9.64 Å². The van der Waals surface area contributed by atoms with Crippen molar-refractivity contribution >= 4 is 5.82 Å². The summed E-state index contributed by atoms with van der Waals surface area (Å²) in [5.74, 6) is 0.673. The number of ether oxygens (including phenoxy) is 1. The Bertz CT molecular complexity index is 507. The normalized spacial score (nSPS) is 16.8. The number of alkyl halides is 3. The van der Waals surface area contributed by atoms with Crippen LogP contribution in [-0.2, 0) is 11.3 Å². The lowest BCUT2D eigenvalue weighted by Crippen LogP contribution is -2.34. The predicted octanol–water partition coefficient (Wildman–Crippen LogP) is 2.30. The summed E-state index contributed by atoms with van der Waals surface area (Å²) in [5, 5.41) is 8.85. The standard InChI is InChI=1S/C13H15F3N4O/c14-13(15,16)9-21-8-11-6-18-7-12(19-11)20-3-1-10(5-17)2-4-20/h6-7,10H,1-4,8-9H2. The van der Waals surface area contributed by atoms with Crippen LogP contribution in [0.25, 0.3) is 0 Å². The Balaban J connectivity index is 1.91. The molecule has 8 heteroatoms. The molecule has 0 N–H and O–H groups in total. The van der Waals surface area contributed by atoms with Gasteiger partial charge in [-0.05, 0) is 12.8 Å². The number of aromatic nitrogens is 2. The van der Waals surface area contributed by atoms with Gasteiger partial charge in [-0.25, -0.2) is 4.98 Å². The van der Waals surface area contributed by atoms with Gasteiger partial charge in [-0.3, -0.25) is 4.98 Å². The fourth-order valence-corrected chi connectivity index (χ4v) is 2.13. The van der Waals surface area contributed by atoms with Crippen LogP contribution < -0.4 is 4.90 Å². The Morgan fingerprint density at radius 2 is 2.05 bits per heavy atom. The average molecular weight is 300 g/mol. The van der Waals surface area contributed by atoms with Crippen molar-refractivity contribution in [3.8, 4) is 6.07 Å². The van der Waals surface area contributed by atoms with Gasteiger partial charge in [0, 0.05) is 19.0 Å². The molecule has 0 bridgehead atoms. The van der Waals surface area contributed by atoms with Gasteiger partial charge in [0.1, 0.15) is 12.4 Å². The van der Waals surface area contributed by atoms with Crippen LogP contribution in [-0.4, -0.2) is 35.8 Å². The maximum atomic E-state index is 12.0. The molecular formula is C13H15F3N4O. The van der Waals surface area contributed by atoms with E-state index in [2.05, 4.69) is 20.8 Å². The lowest BCUT2D eigenvalue weighted by atomic mass is 9.99. The first-order chi connectivity index (χ1) is 9.98. The Hall–Kier alpha value is -1.88. The molecule has 0 saturated carbocycles. The van der Waals surface area contributed by atoms with E-state index in [4.69, 9.17) is 5.26 Å². The Labute approximate surface area is 120 Å². The summed E-state index contributed by atoms with van der Waals surface area (Å²) in [6, 6.07) is 2.24. The number of rotatable bonds is 4. The second-order valence-electron chi connectivity index (χ2n) is 4.87. The van der Waals surface area contributed by atoms with Gasteiger partial charge in [0.15, 0.2) is 0 Å². The van der Waals surface area contributed by atoms with Gasteiger partial charge in [0.2, 0.25) is 0 Å². The van der Waals surface area contributed by atoms with E-state index in [0.717, 1.165) is 12.8 Å². The molecule has 0 spiro atoms. The first-order valence-corrected chi connectivity index (χ1v) is 6.58. The van der Waals surface area contributed by atoms with Crippen LogP contribution in [0.2, 0.25) is 0 Å². The number of nitrogens with zero attached hydrogens (tertiary/aromatic N) is 4. The van der Waals surface area contributed by atoms with Crippen LogP contribution in [0.4, 0.5) is 19.0 Å². The van der Waals surface area contributed by atoms with E-state index in [1.54, 1.807) is 6.20 Å². The van der Waals surface area contributed by atoms with Crippen molar-refractivity contribution in [1.29, 1.82) is 5.26 Å². The highest BCUT2D eigenvalue weighted by Crippen LogP contribution is 2.21. The van der Waals surface area contributed by atoms with Crippen molar-refractivity contribution in [2.24, 2.45) is 5.92 Å². The van der Waals surface area contributed by atoms with Crippen molar-refractivity contribution in [2.45, 2.75) is 25.6 Å². The van der Waals surface area contributed by atoms with Gasteiger partial charge >= 0.3 is 6.18 Å². The molecule has 1 aromatic heterocycles. The molecule has 0 amide bonds. The first-order valence-electron chi connectivity index (χ1n) is 6.58. The minimum Gasteiger partial charge on any atom is -0.366 e. The summed E-state index contributed by atoms with van der Waals surface area (Å²) < 4.78 is 40.6. The lowest BCUT2D eigenvalue weighted by molar-refractivity contribution is -0.176. The third kappa shape index (κ3) is 4.86. The third-order valence-corrected chi connectivity index (χ3v) is 3.19. The van der Waals surface area contributed by atoms with Crippen LogP contribution in [0.15, 0.2) is 12.4 Å². The van der Waals surface area contributed by atoms with Crippen molar-refractivity contribution in [1.82, 2.24) is 9.97 Å². The van der Waals surface area contributed by atoms with E-state index in [0.29, 0.717) is 24.6 Å². The van der Waals surface area contributed by atoms with Crippen LogP contribution in [0, 0.1) is 17.2 Å². The highest BCUT2D eigenvalue weighted by molar-refractivity contribution is 5.37. The van der Waals surface area contributed by atoms with Crippen LogP contribution in [0.1, 0.15) is 18.5 Å². The molecule has 1 saturated heterocycles. The zero-order chi connectivity index (χ0) is 15.3. The monoisotopic (exact) mass is 300 g/mol. The largest absolute Gasteiger partial charge is 0.411 e. The van der Waals surface area contributed by atoms with Crippen LogP contribution >= 0.6 is 0 Å². The molecule has 0 radical (unpaired) electrons. The summed E-state index contributed by atoms with van der Waals surface area (Å²) in [4.78, 5) is 10.2. The summed E-state index contributed by atoms with van der Waals surface area (Å²) in [7, 11) is 0. The van der Waals surface area contributed by atoms with Crippen LogP contribution in [0.5, 0.6) is 0 Å². The number of hydrogen-bond donors (Lipinski definition) is 0. The lowest BCUT2D eigenvalue weighted by Gasteiger charge is -2.29. The topological polar surface area (TPSA) is 62.0 Å². The fraction of sp³-hybridized carbons (Fsp3) is 0.615. The van der Waals surface area contributed by atoms with E-state index in [1.165, 1.54) is 6.20 Å². The molecule has 2 rings (SSSR count). The number of piperidine rings is 1. The highest BCUT2D eigenvalue weighted by Gasteiger charge is 2.27.